The van der Waals surface area contributed by atoms with Gasteiger partial charge in [-0.3, -0.25) is 4.57 Å². The molecule has 5 heteroatoms. The van der Waals surface area contributed by atoms with E-state index in [0.717, 1.165) is 22.4 Å². The molecule has 0 spiro atoms. The van der Waals surface area contributed by atoms with Crippen molar-refractivity contribution in [2.24, 2.45) is 0 Å². The van der Waals surface area contributed by atoms with Crippen molar-refractivity contribution < 1.29 is 4.39 Å². The zero-order valence-electron chi connectivity index (χ0n) is 10.6. The molecular weight excluding hydrogens is 261 g/mol. The lowest BCUT2D eigenvalue weighted by Gasteiger charge is -2.06. The van der Waals surface area contributed by atoms with E-state index < -0.39 is 0 Å². The summed E-state index contributed by atoms with van der Waals surface area (Å²) in [5, 5.41) is 0. The molecule has 0 aliphatic carbocycles. The molecule has 2 heterocycles. The highest BCUT2D eigenvalue weighted by molar-refractivity contribution is 7.71. The van der Waals surface area contributed by atoms with E-state index in [-0.39, 0.29) is 5.82 Å². The van der Waals surface area contributed by atoms with E-state index in [1.807, 2.05) is 32.0 Å². The number of benzene rings is 1. The first-order valence-corrected chi connectivity index (χ1v) is 6.31. The van der Waals surface area contributed by atoms with Gasteiger partial charge in [-0.05, 0) is 62.0 Å². The number of H-pyrrole nitrogens is 1. The summed E-state index contributed by atoms with van der Waals surface area (Å²) in [5.41, 5.74) is 3.99. The van der Waals surface area contributed by atoms with Crippen molar-refractivity contribution in [3.63, 3.8) is 0 Å². The Bertz CT molecular complexity index is 812. The zero-order chi connectivity index (χ0) is 13.6. The standard InChI is InChI=1S/C14H12FN3S/c1-8-5-10(15)7-11(6-8)18-13-12(17-14(18)19)4-3-9(2)16-13/h3-7H,1-2H3,(H,17,19). The lowest BCUT2D eigenvalue weighted by atomic mass is 10.2. The number of aryl methyl sites for hydroxylation is 2. The van der Waals surface area contributed by atoms with Gasteiger partial charge in [0.1, 0.15) is 5.82 Å². The molecule has 0 amide bonds. The van der Waals surface area contributed by atoms with Gasteiger partial charge in [0.25, 0.3) is 0 Å². The SMILES string of the molecule is Cc1cc(F)cc(-n2c(=S)[nH]c3ccc(C)nc32)c1. The summed E-state index contributed by atoms with van der Waals surface area (Å²) >= 11 is 5.31. The average Bonchev–Trinajstić information content (AvgIpc) is 2.63. The van der Waals surface area contributed by atoms with Crippen LogP contribution in [0, 0.1) is 24.4 Å². The van der Waals surface area contributed by atoms with Crippen LogP contribution < -0.4 is 0 Å². The van der Waals surface area contributed by atoms with Gasteiger partial charge in [-0.25, -0.2) is 9.37 Å². The van der Waals surface area contributed by atoms with E-state index in [2.05, 4.69) is 9.97 Å². The van der Waals surface area contributed by atoms with E-state index in [4.69, 9.17) is 12.2 Å². The third kappa shape index (κ3) is 2.06. The molecule has 0 fully saturated rings. The Labute approximate surface area is 114 Å². The van der Waals surface area contributed by atoms with Gasteiger partial charge in [0, 0.05) is 5.69 Å². The summed E-state index contributed by atoms with van der Waals surface area (Å²) in [6.45, 7) is 3.76. The smallest absolute Gasteiger partial charge is 0.183 e. The molecule has 3 rings (SSSR count). The highest BCUT2D eigenvalue weighted by Crippen LogP contribution is 2.20. The van der Waals surface area contributed by atoms with Gasteiger partial charge in [0.15, 0.2) is 10.4 Å². The Morgan fingerprint density at radius 1 is 1.21 bits per heavy atom. The number of hydrogen-bond acceptors (Lipinski definition) is 2. The Hall–Kier alpha value is -2.01. The van der Waals surface area contributed by atoms with Crippen LogP contribution in [0.4, 0.5) is 4.39 Å². The third-order valence-corrected chi connectivity index (χ3v) is 3.24. The number of halogens is 1. The maximum atomic E-state index is 13.6. The molecule has 3 nitrogen and oxygen atoms in total. The predicted molar refractivity (Wildman–Crippen MR) is 75.7 cm³/mol. The summed E-state index contributed by atoms with van der Waals surface area (Å²) in [6.07, 6.45) is 0. The quantitative estimate of drug-likeness (QED) is 0.683. The number of imidazole rings is 1. The van der Waals surface area contributed by atoms with Gasteiger partial charge in [0.2, 0.25) is 0 Å². The highest BCUT2D eigenvalue weighted by atomic mass is 32.1. The molecule has 96 valence electrons. The molecule has 1 aromatic carbocycles. The molecule has 3 aromatic rings. The lowest BCUT2D eigenvalue weighted by Crippen LogP contribution is -1.98. The Kier molecular flexibility index (Phi) is 2.71. The fraction of sp³-hybridized carbons (Fsp3) is 0.143. The van der Waals surface area contributed by atoms with Gasteiger partial charge >= 0.3 is 0 Å². The van der Waals surface area contributed by atoms with Crippen molar-refractivity contribution in [3.05, 3.63) is 52.2 Å². The van der Waals surface area contributed by atoms with E-state index in [0.29, 0.717) is 10.5 Å². The molecule has 0 radical (unpaired) electrons. The molecule has 0 atom stereocenters. The lowest BCUT2D eigenvalue weighted by molar-refractivity contribution is 0.625. The molecule has 19 heavy (non-hydrogen) atoms. The van der Waals surface area contributed by atoms with E-state index >= 15 is 0 Å². The van der Waals surface area contributed by atoms with Gasteiger partial charge < -0.3 is 4.98 Å². The molecular formula is C14H12FN3S. The monoisotopic (exact) mass is 273 g/mol. The molecule has 0 aliphatic heterocycles. The number of hydrogen-bond donors (Lipinski definition) is 1. The van der Waals surface area contributed by atoms with Gasteiger partial charge in [0.05, 0.1) is 11.2 Å². The zero-order valence-corrected chi connectivity index (χ0v) is 11.4. The van der Waals surface area contributed by atoms with Crippen molar-refractivity contribution in [1.82, 2.24) is 14.5 Å². The number of aromatic amines is 1. The molecule has 0 saturated carbocycles. The fourth-order valence-electron chi connectivity index (χ4n) is 2.16. The van der Waals surface area contributed by atoms with Crippen molar-refractivity contribution in [2.75, 3.05) is 0 Å². The Balaban J connectivity index is 2.38. The minimum Gasteiger partial charge on any atom is -0.329 e. The molecule has 0 bridgehead atoms. The second-order valence-electron chi connectivity index (χ2n) is 4.58. The predicted octanol–water partition coefficient (Wildman–Crippen LogP) is 3.84. The Morgan fingerprint density at radius 3 is 2.74 bits per heavy atom. The minimum atomic E-state index is -0.279. The van der Waals surface area contributed by atoms with Crippen LogP contribution in [-0.2, 0) is 0 Å². The molecule has 2 aromatic heterocycles. The second-order valence-corrected chi connectivity index (χ2v) is 4.96. The van der Waals surface area contributed by atoms with Crippen LogP contribution in [0.5, 0.6) is 0 Å². The first kappa shape index (κ1) is 12.0. The van der Waals surface area contributed by atoms with Crippen LogP contribution in [0.1, 0.15) is 11.3 Å². The molecule has 0 unspecified atom stereocenters. The Morgan fingerprint density at radius 2 is 2.00 bits per heavy atom. The second kappa shape index (κ2) is 4.28. The van der Waals surface area contributed by atoms with Crippen LogP contribution in [-0.4, -0.2) is 14.5 Å². The summed E-state index contributed by atoms with van der Waals surface area (Å²) in [5.74, 6) is -0.279. The van der Waals surface area contributed by atoms with E-state index in [9.17, 15) is 4.39 Å². The topological polar surface area (TPSA) is 33.6 Å². The number of nitrogens with zero attached hydrogens (tertiary/aromatic N) is 2. The minimum absolute atomic E-state index is 0.279. The summed E-state index contributed by atoms with van der Waals surface area (Å²) < 4.78 is 15.8. The van der Waals surface area contributed by atoms with Crippen LogP contribution in [0.15, 0.2) is 30.3 Å². The number of rotatable bonds is 1. The number of nitrogens with one attached hydrogen (secondary N) is 1. The normalized spacial score (nSPS) is 11.1. The number of aromatic nitrogens is 3. The van der Waals surface area contributed by atoms with Crippen molar-refractivity contribution in [1.29, 1.82) is 0 Å². The first-order chi connectivity index (χ1) is 9.04. The first-order valence-electron chi connectivity index (χ1n) is 5.90. The van der Waals surface area contributed by atoms with Gasteiger partial charge in [-0.2, -0.15) is 0 Å². The van der Waals surface area contributed by atoms with Crippen LogP contribution in [0.3, 0.4) is 0 Å². The van der Waals surface area contributed by atoms with Crippen molar-refractivity contribution in [3.8, 4) is 5.69 Å². The van der Waals surface area contributed by atoms with Crippen LogP contribution >= 0.6 is 12.2 Å². The summed E-state index contributed by atoms with van der Waals surface area (Å²) in [7, 11) is 0. The largest absolute Gasteiger partial charge is 0.329 e. The van der Waals surface area contributed by atoms with E-state index in [1.165, 1.54) is 12.1 Å². The van der Waals surface area contributed by atoms with E-state index in [1.54, 1.807) is 4.57 Å². The fourth-order valence-corrected chi connectivity index (χ4v) is 2.47. The number of pyridine rings is 1. The van der Waals surface area contributed by atoms with Gasteiger partial charge in [-0.15, -0.1) is 0 Å². The van der Waals surface area contributed by atoms with Crippen LogP contribution in [0.2, 0.25) is 0 Å². The average molecular weight is 273 g/mol. The summed E-state index contributed by atoms with van der Waals surface area (Å²) in [6, 6.07) is 8.67. The maximum absolute atomic E-state index is 13.6. The molecule has 0 saturated heterocycles. The van der Waals surface area contributed by atoms with Crippen molar-refractivity contribution in [2.45, 2.75) is 13.8 Å². The summed E-state index contributed by atoms with van der Waals surface area (Å²) in [4.78, 5) is 7.56. The molecule has 1 N–H and O–H groups in total. The van der Waals surface area contributed by atoms with Gasteiger partial charge in [-0.1, -0.05) is 0 Å². The maximum Gasteiger partial charge on any atom is 0.183 e. The van der Waals surface area contributed by atoms with Crippen molar-refractivity contribution >= 4 is 23.4 Å². The van der Waals surface area contributed by atoms with Crippen LogP contribution in [0.25, 0.3) is 16.9 Å². The number of fused-ring (bicyclic) bond motifs is 1. The highest BCUT2D eigenvalue weighted by Gasteiger charge is 2.09. The molecule has 0 aliphatic rings. The third-order valence-electron chi connectivity index (χ3n) is 2.96.